The fourth-order valence-corrected chi connectivity index (χ4v) is 3.73. The predicted molar refractivity (Wildman–Crippen MR) is 57.5 cm³/mol. The molecule has 0 amide bonds. The number of aliphatic hydroxyl groups excluding tert-OH is 1. The molecular formula is C12H21NO2. The second-order valence-corrected chi connectivity index (χ2v) is 5.80. The normalized spacial score (nSPS) is 47.6. The quantitative estimate of drug-likeness (QED) is 0.628. The summed E-state index contributed by atoms with van der Waals surface area (Å²) in [4.78, 5) is 0. The van der Waals surface area contributed by atoms with Gasteiger partial charge in [-0.25, -0.2) is 0 Å². The maximum atomic E-state index is 10.9. The predicted octanol–water partition coefficient (Wildman–Crippen LogP) is 0.652. The summed E-state index contributed by atoms with van der Waals surface area (Å²) in [7, 11) is 0. The molecule has 3 atom stereocenters. The van der Waals surface area contributed by atoms with Crippen LogP contribution in [0.1, 0.15) is 38.5 Å². The summed E-state index contributed by atoms with van der Waals surface area (Å²) in [6, 6.07) is 0.236. The molecule has 15 heavy (non-hydrogen) atoms. The molecule has 3 rings (SSSR count). The van der Waals surface area contributed by atoms with E-state index in [1.807, 2.05) is 0 Å². The first kappa shape index (κ1) is 10.1. The molecule has 2 bridgehead atoms. The first-order valence-electron chi connectivity index (χ1n) is 6.27. The van der Waals surface area contributed by atoms with Gasteiger partial charge < -0.3 is 15.5 Å². The zero-order valence-electron chi connectivity index (χ0n) is 9.21. The molecule has 0 aromatic heterocycles. The molecule has 3 heteroatoms. The monoisotopic (exact) mass is 211 g/mol. The van der Waals surface area contributed by atoms with Crippen LogP contribution in [0.25, 0.3) is 0 Å². The van der Waals surface area contributed by atoms with Gasteiger partial charge in [0.1, 0.15) is 0 Å². The minimum absolute atomic E-state index is 0.159. The topological polar surface area (TPSA) is 52.5 Å². The highest BCUT2D eigenvalue weighted by Gasteiger charge is 2.62. The molecule has 3 nitrogen and oxygen atoms in total. The second kappa shape index (κ2) is 3.19. The van der Waals surface area contributed by atoms with Crippen LogP contribution < -0.4 is 5.32 Å². The van der Waals surface area contributed by atoms with Gasteiger partial charge in [0.25, 0.3) is 0 Å². The lowest BCUT2D eigenvalue weighted by molar-refractivity contribution is -0.119. The summed E-state index contributed by atoms with van der Waals surface area (Å²) in [6.45, 7) is 1.20. The van der Waals surface area contributed by atoms with Crippen LogP contribution >= 0.6 is 0 Å². The van der Waals surface area contributed by atoms with Crippen LogP contribution in [0.2, 0.25) is 0 Å². The van der Waals surface area contributed by atoms with Crippen molar-refractivity contribution in [1.29, 1.82) is 0 Å². The third kappa shape index (κ3) is 1.30. The Kier molecular flexibility index (Phi) is 2.14. The van der Waals surface area contributed by atoms with E-state index in [9.17, 15) is 10.2 Å². The summed E-state index contributed by atoms with van der Waals surface area (Å²) in [5.74, 6) is 0.811. The molecule has 0 spiro atoms. The Balaban J connectivity index is 1.85. The molecule has 0 aromatic carbocycles. The summed E-state index contributed by atoms with van der Waals surface area (Å²) in [5.41, 5.74) is -0.786. The highest BCUT2D eigenvalue weighted by atomic mass is 16.3. The zero-order chi connectivity index (χ0) is 10.5. The summed E-state index contributed by atoms with van der Waals surface area (Å²) >= 11 is 0. The number of fused-ring (bicyclic) bond motifs is 2. The molecule has 0 radical (unpaired) electrons. The highest BCUT2D eigenvalue weighted by molar-refractivity contribution is 5.15. The Morgan fingerprint density at radius 2 is 2.00 bits per heavy atom. The largest absolute Gasteiger partial charge is 0.396 e. The van der Waals surface area contributed by atoms with Crippen LogP contribution in [0.5, 0.6) is 0 Å². The van der Waals surface area contributed by atoms with E-state index in [2.05, 4.69) is 5.32 Å². The average Bonchev–Trinajstić information content (AvgIpc) is 3.06. The molecule has 2 aliphatic carbocycles. The van der Waals surface area contributed by atoms with E-state index in [0.29, 0.717) is 0 Å². The van der Waals surface area contributed by atoms with Gasteiger partial charge in [-0.1, -0.05) is 0 Å². The number of aliphatic hydroxyl groups is 2. The van der Waals surface area contributed by atoms with Gasteiger partial charge >= 0.3 is 0 Å². The van der Waals surface area contributed by atoms with Gasteiger partial charge in [0.15, 0.2) is 0 Å². The minimum atomic E-state index is -0.626. The third-order valence-electron chi connectivity index (χ3n) is 5.10. The van der Waals surface area contributed by atoms with Gasteiger partial charge in [-0.15, -0.1) is 0 Å². The molecule has 1 heterocycles. The van der Waals surface area contributed by atoms with Crippen molar-refractivity contribution in [2.45, 2.75) is 50.2 Å². The Morgan fingerprint density at radius 3 is 2.67 bits per heavy atom. The minimum Gasteiger partial charge on any atom is -0.396 e. The van der Waals surface area contributed by atoms with Crippen LogP contribution in [0.3, 0.4) is 0 Å². The van der Waals surface area contributed by atoms with Crippen molar-refractivity contribution in [3.05, 3.63) is 0 Å². The molecular weight excluding hydrogens is 190 g/mol. The molecule has 1 saturated heterocycles. The molecule has 3 unspecified atom stereocenters. The summed E-state index contributed by atoms with van der Waals surface area (Å²) in [6.07, 6.45) is 6.41. The fourth-order valence-electron chi connectivity index (χ4n) is 3.73. The van der Waals surface area contributed by atoms with E-state index in [1.165, 1.54) is 6.42 Å². The van der Waals surface area contributed by atoms with Crippen molar-refractivity contribution < 1.29 is 10.2 Å². The Morgan fingerprint density at radius 1 is 1.20 bits per heavy atom. The number of rotatable bonds is 2. The van der Waals surface area contributed by atoms with Crippen molar-refractivity contribution in [3.8, 4) is 0 Å². The zero-order valence-corrected chi connectivity index (χ0v) is 9.21. The molecule has 1 aliphatic heterocycles. The van der Waals surface area contributed by atoms with E-state index >= 15 is 0 Å². The first-order chi connectivity index (χ1) is 7.20. The summed E-state index contributed by atoms with van der Waals surface area (Å²) < 4.78 is 0. The Hall–Kier alpha value is -0.120. The van der Waals surface area contributed by atoms with E-state index in [0.717, 1.165) is 44.6 Å². The van der Waals surface area contributed by atoms with Crippen molar-refractivity contribution in [2.24, 2.45) is 11.3 Å². The third-order valence-corrected chi connectivity index (χ3v) is 5.10. The Bertz CT molecular complexity index is 264. The van der Waals surface area contributed by atoms with Gasteiger partial charge in [0.05, 0.1) is 12.2 Å². The van der Waals surface area contributed by atoms with Crippen molar-refractivity contribution in [2.75, 3.05) is 13.2 Å². The standard InChI is InChI=1S/C12H21NO2/c14-8-11(4-5-11)12(15)3-1-9-2-6-13-10(12)7-9/h9-10,13-15H,1-8H2. The molecule has 3 fully saturated rings. The molecule has 0 aromatic rings. The van der Waals surface area contributed by atoms with E-state index in [4.69, 9.17) is 0 Å². The molecule has 86 valence electrons. The lowest BCUT2D eigenvalue weighted by Gasteiger charge is -2.50. The van der Waals surface area contributed by atoms with Crippen molar-refractivity contribution >= 4 is 0 Å². The number of nitrogens with one attached hydrogen (secondary N) is 1. The maximum Gasteiger partial charge on any atom is 0.0877 e. The molecule has 2 saturated carbocycles. The van der Waals surface area contributed by atoms with Gasteiger partial charge in [-0.3, -0.25) is 0 Å². The van der Waals surface area contributed by atoms with Crippen LogP contribution in [-0.4, -0.2) is 35.0 Å². The average molecular weight is 211 g/mol. The SMILES string of the molecule is OCC1(C2(O)CCC3CCNC2C3)CC1. The van der Waals surface area contributed by atoms with E-state index in [-0.39, 0.29) is 18.1 Å². The van der Waals surface area contributed by atoms with E-state index < -0.39 is 5.60 Å². The Labute approximate surface area is 90.9 Å². The van der Waals surface area contributed by atoms with Crippen LogP contribution in [0.4, 0.5) is 0 Å². The van der Waals surface area contributed by atoms with Gasteiger partial charge in [-0.2, -0.15) is 0 Å². The number of hydrogen-bond acceptors (Lipinski definition) is 3. The molecule has 3 N–H and O–H groups in total. The van der Waals surface area contributed by atoms with Crippen LogP contribution in [0, 0.1) is 11.3 Å². The summed E-state index contributed by atoms with van der Waals surface area (Å²) in [5, 5.41) is 23.8. The van der Waals surface area contributed by atoms with Gasteiger partial charge in [-0.05, 0) is 51.0 Å². The second-order valence-electron chi connectivity index (χ2n) is 5.80. The number of hydrogen-bond donors (Lipinski definition) is 3. The smallest absolute Gasteiger partial charge is 0.0877 e. The van der Waals surface area contributed by atoms with Gasteiger partial charge in [0, 0.05) is 11.5 Å². The van der Waals surface area contributed by atoms with Crippen LogP contribution in [0.15, 0.2) is 0 Å². The lowest BCUT2D eigenvalue weighted by Crippen LogP contribution is -2.62. The molecule has 3 aliphatic rings. The van der Waals surface area contributed by atoms with E-state index in [1.54, 1.807) is 0 Å². The van der Waals surface area contributed by atoms with Crippen molar-refractivity contribution in [1.82, 2.24) is 5.32 Å². The van der Waals surface area contributed by atoms with Crippen molar-refractivity contribution in [3.63, 3.8) is 0 Å². The highest BCUT2D eigenvalue weighted by Crippen LogP contribution is 2.59. The first-order valence-corrected chi connectivity index (χ1v) is 6.27. The fraction of sp³-hybridized carbons (Fsp3) is 1.00. The van der Waals surface area contributed by atoms with Crippen LogP contribution in [-0.2, 0) is 0 Å². The number of piperidine rings is 1. The lowest BCUT2D eigenvalue weighted by atomic mass is 9.65. The maximum absolute atomic E-state index is 10.9. The van der Waals surface area contributed by atoms with Gasteiger partial charge in [0.2, 0.25) is 0 Å².